The van der Waals surface area contributed by atoms with Gasteiger partial charge in [0.2, 0.25) is 5.91 Å². The molecule has 1 saturated heterocycles. The molecule has 1 atom stereocenters. The topological polar surface area (TPSA) is 54.0 Å². The fourth-order valence-electron chi connectivity index (χ4n) is 2.42. The van der Waals surface area contributed by atoms with E-state index in [9.17, 15) is 18.0 Å². The van der Waals surface area contributed by atoms with Gasteiger partial charge in [0.05, 0.1) is 11.3 Å². The minimum absolute atomic E-state index is 0.119. The second kappa shape index (κ2) is 6.52. The van der Waals surface area contributed by atoms with E-state index in [0.717, 1.165) is 25.2 Å². The van der Waals surface area contributed by atoms with Crippen molar-refractivity contribution in [2.45, 2.75) is 13.1 Å². The number of rotatable bonds is 4. The van der Waals surface area contributed by atoms with Crippen molar-refractivity contribution in [3.05, 3.63) is 35.2 Å². The standard InChI is InChI=1S/C16H16F3N3OS/c1-9(11-6-20-7-11)14(23)22-15-21-13(8-24-15)10-3-2-4-12(5-10)16(17,18)19/h2-5,8-9,11,20H,6-7H2,1H3,(H,21,22,23). The van der Waals surface area contributed by atoms with Crippen LogP contribution in [0.5, 0.6) is 0 Å². The zero-order chi connectivity index (χ0) is 17.3. The van der Waals surface area contributed by atoms with E-state index in [0.29, 0.717) is 22.3 Å². The molecule has 3 rings (SSSR count). The zero-order valence-corrected chi connectivity index (χ0v) is 13.7. The lowest BCUT2D eigenvalue weighted by Gasteiger charge is -2.31. The van der Waals surface area contributed by atoms with Gasteiger partial charge in [0, 0.05) is 16.9 Å². The van der Waals surface area contributed by atoms with E-state index >= 15 is 0 Å². The number of halogens is 3. The lowest BCUT2D eigenvalue weighted by Crippen LogP contribution is -2.48. The summed E-state index contributed by atoms with van der Waals surface area (Å²) in [5, 5.41) is 7.90. The van der Waals surface area contributed by atoms with Crippen molar-refractivity contribution in [1.82, 2.24) is 10.3 Å². The van der Waals surface area contributed by atoms with Crippen LogP contribution in [0.15, 0.2) is 29.6 Å². The van der Waals surface area contributed by atoms with Crippen LogP contribution in [0.2, 0.25) is 0 Å². The molecule has 24 heavy (non-hydrogen) atoms. The Labute approximate surface area is 141 Å². The van der Waals surface area contributed by atoms with Crippen LogP contribution in [0.25, 0.3) is 11.3 Å². The summed E-state index contributed by atoms with van der Waals surface area (Å²) in [5.41, 5.74) is 0.0712. The molecule has 0 aliphatic carbocycles. The molecule has 0 radical (unpaired) electrons. The van der Waals surface area contributed by atoms with Gasteiger partial charge in [-0.2, -0.15) is 13.2 Å². The second-order valence-electron chi connectivity index (χ2n) is 5.81. The summed E-state index contributed by atoms with van der Waals surface area (Å²) in [6, 6.07) is 5.00. The maximum Gasteiger partial charge on any atom is 0.416 e. The lowest BCUT2D eigenvalue weighted by atomic mass is 9.88. The Morgan fingerprint density at radius 2 is 2.17 bits per heavy atom. The number of carbonyl (C=O) groups excluding carboxylic acids is 1. The molecule has 2 heterocycles. The van der Waals surface area contributed by atoms with E-state index in [1.165, 1.54) is 17.4 Å². The van der Waals surface area contributed by atoms with Crippen LogP contribution in [-0.4, -0.2) is 24.0 Å². The third-order valence-electron chi connectivity index (χ3n) is 4.15. The molecular weight excluding hydrogens is 339 g/mol. The average Bonchev–Trinajstić information content (AvgIpc) is 2.93. The highest BCUT2D eigenvalue weighted by Gasteiger charge is 2.31. The van der Waals surface area contributed by atoms with Crippen molar-refractivity contribution in [3.8, 4) is 11.3 Å². The quantitative estimate of drug-likeness (QED) is 0.881. The minimum Gasteiger partial charge on any atom is -0.316 e. The number of amides is 1. The highest BCUT2D eigenvalue weighted by atomic mass is 32.1. The first kappa shape index (κ1) is 16.9. The summed E-state index contributed by atoms with van der Waals surface area (Å²) in [7, 11) is 0. The summed E-state index contributed by atoms with van der Waals surface area (Å²) < 4.78 is 38.4. The number of anilines is 1. The SMILES string of the molecule is CC(C(=O)Nc1nc(-c2cccc(C(F)(F)F)c2)cs1)C1CNC1. The number of alkyl halides is 3. The van der Waals surface area contributed by atoms with Crippen molar-refractivity contribution < 1.29 is 18.0 Å². The van der Waals surface area contributed by atoms with Crippen LogP contribution < -0.4 is 10.6 Å². The predicted octanol–water partition coefficient (Wildman–Crippen LogP) is 3.62. The van der Waals surface area contributed by atoms with Gasteiger partial charge in [-0.25, -0.2) is 4.98 Å². The number of hydrogen-bond acceptors (Lipinski definition) is 4. The summed E-state index contributed by atoms with van der Waals surface area (Å²) in [5.74, 6) is 0.0616. The number of nitrogens with zero attached hydrogens (tertiary/aromatic N) is 1. The molecule has 2 N–H and O–H groups in total. The molecule has 8 heteroatoms. The predicted molar refractivity (Wildman–Crippen MR) is 86.7 cm³/mol. The zero-order valence-electron chi connectivity index (χ0n) is 12.9. The number of aromatic nitrogens is 1. The monoisotopic (exact) mass is 355 g/mol. The van der Waals surface area contributed by atoms with Crippen molar-refractivity contribution in [2.75, 3.05) is 18.4 Å². The fourth-order valence-corrected chi connectivity index (χ4v) is 3.14. The minimum atomic E-state index is -4.39. The van der Waals surface area contributed by atoms with Crippen LogP contribution in [0.1, 0.15) is 12.5 Å². The van der Waals surface area contributed by atoms with Gasteiger partial charge in [-0.1, -0.05) is 19.1 Å². The number of thiazole rings is 1. The van der Waals surface area contributed by atoms with Crippen molar-refractivity contribution >= 4 is 22.4 Å². The van der Waals surface area contributed by atoms with Crippen LogP contribution in [0.4, 0.5) is 18.3 Å². The van der Waals surface area contributed by atoms with Gasteiger partial charge in [-0.15, -0.1) is 11.3 Å². The molecule has 1 amide bonds. The van der Waals surface area contributed by atoms with E-state index in [4.69, 9.17) is 0 Å². The van der Waals surface area contributed by atoms with E-state index in [-0.39, 0.29) is 11.8 Å². The van der Waals surface area contributed by atoms with Gasteiger partial charge in [-0.05, 0) is 31.1 Å². The van der Waals surface area contributed by atoms with E-state index in [1.807, 2.05) is 6.92 Å². The molecule has 0 bridgehead atoms. The van der Waals surface area contributed by atoms with Gasteiger partial charge in [0.1, 0.15) is 0 Å². The Morgan fingerprint density at radius 1 is 1.42 bits per heavy atom. The number of benzene rings is 1. The van der Waals surface area contributed by atoms with Crippen LogP contribution in [0, 0.1) is 11.8 Å². The molecule has 1 unspecified atom stereocenters. The highest BCUT2D eigenvalue weighted by Crippen LogP contribution is 2.33. The first-order chi connectivity index (χ1) is 11.3. The third-order valence-corrected chi connectivity index (χ3v) is 4.91. The van der Waals surface area contributed by atoms with E-state index in [1.54, 1.807) is 11.4 Å². The van der Waals surface area contributed by atoms with Crippen LogP contribution >= 0.6 is 11.3 Å². The summed E-state index contributed by atoms with van der Waals surface area (Å²) in [6.07, 6.45) is -4.39. The molecule has 128 valence electrons. The highest BCUT2D eigenvalue weighted by molar-refractivity contribution is 7.14. The molecule has 4 nitrogen and oxygen atoms in total. The van der Waals surface area contributed by atoms with Gasteiger partial charge >= 0.3 is 6.18 Å². The largest absolute Gasteiger partial charge is 0.416 e. The Balaban J connectivity index is 1.72. The molecular formula is C16H16F3N3OS. The molecule has 1 aromatic carbocycles. The molecule has 1 fully saturated rings. The van der Waals surface area contributed by atoms with E-state index < -0.39 is 11.7 Å². The molecule has 0 saturated carbocycles. The van der Waals surface area contributed by atoms with Crippen molar-refractivity contribution in [1.29, 1.82) is 0 Å². The maximum absolute atomic E-state index is 12.8. The maximum atomic E-state index is 12.8. The Morgan fingerprint density at radius 3 is 2.79 bits per heavy atom. The normalized spacial score (nSPS) is 16.5. The molecule has 1 aliphatic heterocycles. The summed E-state index contributed by atoms with van der Waals surface area (Å²) >= 11 is 1.20. The van der Waals surface area contributed by atoms with Gasteiger partial charge < -0.3 is 10.6 Å². The average molecular weight is 355 g/mol. The summed E-state index contributed by atoms with van der Waals surface area (Å²) in [6.45, 7) is 3.51. The molecule has 0 spiro atoms. The first-order valence-corrected chi connectivity index (χ1v) is 8.37. The van der Waals surface area contributed by atoms with Crippen molar-refractivity contribution in [3.63, 3.8) is 0 Å². The number of hydrogen-bond donors (Lipinski definition) is 2. The Hall–Kier alpha value is -1.93. The van der Waals surface area contributed by atoms with E-state index in [2.05, 4.69) is 15.6 Å². The van der Waals surface area contributed by atoms with Gasteiger partial charge in [0.15, 0.2) is 5.13 Å². The Bertz CT molecular complexity index is 740. The van der Waals surface area contributed by atoms with Gasteiger partial charge in [0.25, 0.3) is 0 Å². The number of carbonyl (C=O) groups is 1. The summed E-state index contributed by atoms with van der Waals surface area (Å²) in [4.78, 5) is 16.4. The second-order valence-corrected chi connectivity index (χ2v) is 6.67. The van der Waals surface area contributed by atoms with Crippen molar-refractivity contribution in [2.24, 2.45) is 11.8 Å². The smallest absolute Gasteiger partial charge is 0.316 e. The Kier molecular flexibility index (Phi) is 4.60. The van der Waals surface area contributed by atoms with Crippen LogP contribution in [-0.2, 0) is 11.0 Å². The fraction of sp³-hybridized carbons (Fsp3) is 0.375. The van der Waals surface area contributed by atoms with Gasteiger partial charge in [-0.3, -0.25) is 4.79 Å². The molecule has 1 aliphatic rings. The lowest BCUT2D eigenvalue weighted by molar-refractivity contribution is -0.137. The first-order valence-electron chi connectivity index (χ1n) is 7.49. The third kappa shape index (κ3) is 3.59. The molecule has 2 aromatic rings. The molecule has 1 aromatic heterocycles. The number of nitrogens with one attached hydrogen (secondary N) is 2. The van der Waals surface area contributed by atoms with Crippen LogP contribution in [0.3, 0.4) is 0 Å².